The fraction of sp³-hybridized carbons (Fsp3) is 0.800. The Morgan fingerprint density at radius 1 is 1.17 bits per heavy atom. The molecule has 3 atom stereocenters. The maximum Gasteiger partial charge on any atom is 0.203 e. The van der Waals surface area contributed by atoms with Gasteiger partial charge in [-0.1, -0.05) is 26.7 Å². The van der Waals surface area contributed by atoms with Gasteiger partial charge in [0.15, 0.2) is 0 Å². The molecule has 18 heavy (non-hydrogen) atoms. The van der Waals surface area contributed by atoms with Gasteiger partial charge in [0.05, 0.1) is 0 Å². The third-order valence-electron chi connectivity index (χ3n) is 5.14. The molecule has 100 valence electrons. The highest BCUT2D eigenvalue weighted by molar-refractivity contribution is 5.29. The molecule has 0 radical (unpaired) electrons. The number of imidazole rings is 1. The first-order valence-electron chi connectivity index (χ1n) is 7.55. The van der Waals surface area contributed by atoms with E-state index in [9.17, 15) is 0 Å². The summed E-state index contributed by atoms with van der Waals surface area (Å²) in [5.41, 5.74) is 0. The molecule has 2 aliphatic rings. The molecular weight excluding hydrogens is 222 g/mol. The van der Waals surface area contributed by atoms with Crippen molar-refractivity contribution < 1.29 is 0 Å². The van der Waals surface area contributed by atoms with Gasteiger partial charge >= 0.3 is 0 Å². The Kier molecular flexibility index (Phi) is 3.31. The smallest absolute Gasteiger partial charge is 0.203 e. The van der Waals surface area contributed by atoms with E-state index in [2.05, 4.69) is 34.9 Å². The SMILES string of the molecule is CC1CCC(n2ccnc2NC2CCCC2)C1C. The maximum atomic E-state index is 4.54. The molecule has 0 aromatic carbocycles. The van der Waals surface area contributed by atoms with Crippen LogP contribution < -0.4 is 5.32 Å². The van der Waals surface area contributed by atoms with Gasteiger partial charge in [-0.05, 0) is 37.5 Å². The van der Waals surface area contributed by atoms with E-state index in [-0.39, 0.29) is 0 Å². The molecule has 0 amide bonds. The van der Waals surface area contributed by atoms with Crippen molar-refractivity contribution in [3.8, 4) is 0 Å². The van der Waals surface area contributed by atoms with Gasteiger partial charge in [-0.3, -0.25) is 0 Å². The molecule has 1 heterocycles. The summed E-state index contributed by atoms with van der Waals surface area (Å²) in [6, 6.07) is 1.30. The van der Waals surface area contributed by atoms with Crippen LogP contribution in [0.4, 0.5) is 5.95 Å². The van der Waals surface area contributed by atoms with Gasteiger partial charge in [-0.25, -0.2) is 4.98 Å². The first kappa shape index (κ1) is 12.1. The summed E-state index contributed by atoms with van der Waals surface area (Å²) in [5.74, 6) is 2.72. The van der Waals surface area contributed by atoms with Crippen LogP contribution in [0.2, 0.25) is 0 Å². The van der Waals surface area contributed by atoms with Crippen molar-refractivity contribution in [2.24, 2.45) is 11.8 Å². The molecule has 1 aromatic heterocycles. The van der Waals surface area contributed by atoms with Crippen LogP contribution >= 0.6 is 0 Å². The summed E-state index contributed by atoms with van der Waals surface area (Å²) >= 11 is 0. The molecule has 2 saturated carbocycles. The third kappa shape index (κ3) is 2.15. The first-order valence-corrected chi connectivity index (χ1v) is 7.55. The zero-order chi connectivity index (χ0) is 12.5. The largest absolute Gasteiger partial charge is 0.353 e. The number of hydrogen-bond donors (Lipinski definition) is 1. The van der Waals surface area contributed by atoms with E-state index in [4.69, 9.17) is 0 Å². The predicted octanol–water partition coefficient (Wildman–Crippen LogP) is 3.84. The molecule has 1 N–H and O–H groups in total. The summed E-state index contributed by atoms with van der Waals surface area (Å²) in [7, 11) is 0. The van der Waals surface area contributed by atoms with Crippen LogP contribution in [-0.2, 0) is 0 Å². The van der Waals surface area contributed by atoms with Crippen LogP contribution in [0, 0.1) is 11.8 Å². The number of nitrogens with one attached hydrogen (secondary N) is 1. The number of hydrogen-bond acceptors (Lipinski definition) is 2. The van der Waals surface area contributed by atoms with Gasteiger partial charge in [0.25, 0.3) is 0 Å². The van der Waals surface area contributed by atoms with E-state index in [0.29, 0.717) is 12.1 Å². The van der Waals surface area contributed by atoms with E-state index < -0.39 is 0 Å². The highest BCUT2D eigenvalue weighted by Crippen LogP contribution is 2.41. The Bertz CT molecular complexity index is 392. The fourth-order valence-corrected chi connectivity index (χ4v) is 3.68. The summed E-state index contributed by atoms with van der Waals surface area (Å²) in [6.45, 7) is 4.77. The normalized spacial score (nSPS) is 33.1. The molecule has 0 spiro atoms. The van der Waals surface area contributed by atoms with Crippen molar-refractivity contribution in [3.63, 3.8) is 0 Å². The average Bonchev–Trinajstić information content (AvgIpc) is 3.06. The van der Waals surface area contributed by atoms with Gasteiger partial charge in [0.2, 0.25) is 5.95 Å². The van der Waals surface area contributed by atoms with Crippen LogP contribution in [0.1, 0.15) is 58.4 Å². The summed E-state index contributed by atoms with van der Waals surface area (Å²) in [4.78, 5) is 4.54. The van der Waals surface area contributed by atoms with Crippen LogP contribution in [0.15, 0.2) is 12.4 Å². The van der Waals surface area contributed by atoms with Crippen LogP contribution in [0.3, 0.4) is 0 Å². The third-order valence-corrected chi connectivity index (χ3v) is 5.14. The average molecular weight is 247 g/mol. The molecule has 3 rings (SSSR count). The van der Waals surface area contributed by atoms with Gasteiger partial charge in [0.1, 0.15) is 0 Å². The number of aromatic nitrogens is 2. The Balaban J connectivity index is 1.74. The Morgan fingerprint density at radius 2 is 1.94 bits per heavy atom. The van der Waals surface area contributed by atoms with Crippen molar-refractivity contribution in [3.05, 3.63) is 12.4 Å². The Labute approximate surface area is 110 Å². The van der Waals surface area contributed by atoms with Crippen LogP contribution in [-0.4, -0.2) is 15.6 Å². The molecule has 3 unspecified atom stereocenters. The Hall–Kier alpha value is -0.990. The molecule has 0 bridgehead atoms. The minimum absolute atomic E-state index is 0.645. The lowest BCUT2D eigenvalue weighted by Gasteiger charge is -2.23. The number of anilines is 1. The highest BCUT2D eigenvalue weighted by Gasteiger charge is 2.32. The quantitative estimate of drug-likeness (QED) is 0.879. The first-order chi connectivity index (χ1) is 8.75. The maximum absolute atomic E-state index is 4.54. The van der Waals surface area contributed by atoms with Crippen molar-refractivity contribution in [2.45, 2.75) is 64.5 Å². The van der Waals surface area contributed by atoms with Crippen LogP contribution in [0.5, 0.6) is 0 Å². The second-order valence-corrected chi connectivity index (χ2v) is 6.26. The monoisotopic (exact) mass is 247 g/mol. The predicted molar refractivity (Wildman–Crippen MR) is 74.7 cm³/mol. The van der Waals surface area contributed by atoms with E-state index in [1.54, 1.807) is 0 Å². The lowest BCUT2D eigenvalue weighted by molar-refractivity contribution is 0.354. The Morgan fingerprint density at radius 3 is 2.61 bits per heavy atom. The molecule has 3 heteroatoms. The lowest BCUT2D eigenvalue weighted by atomic mass is 9.98. The molecule has 0 aliphatic heterocycles. The standard InChI is InChI=1S/C15H25N3/c1-11-7-8-14(12(11)2)18-10-9-16-15(18)17-13-5-3-4-6-13/h9-14H,3-8H2,1-2H3,(H,16,17). The van der Waals surface area contributed by atoms with Crippen molar-refractivity contribution in [1.82, 2.24) is 9.55 Å². The second kappa shape index (κ2) is 4.94. The highest BCUT2D eigenvalue weighted by atomic mass is 15.2. The molecule has 1 aromatic rings. The van der Waals surface area contributed by atoms with Gasteiger partial charge < -0.3 is 9.88 Å². The zero-order valence-electron chi connectivity index (χ0n) is 11.6. The van der Waals surface area contributed by atoms with E-state index >= 15 is 0 Å². The summed E-state index contributed by atoms with van der Waals surface area (Å²) in [5, 5.41) is 3.65. The molecule has 3 nitrogen and oxygen atoms in total. The van der Waals surface area contributed by atoms with Crippen LogP contribution in [0.25, 0.3) is 0 Å². The second-order valence-electron chi connectivity index (χ2n) is 6.26. The molecule has 0 saturated heterocycles. The molecular formula is C15H25N3. The molecule has 2 aliphatic carbocycles. The van der Waals surface area contributed by atoms with E-state index in [1.807, 2.05) is 6.20 Å². The topological polar surface area (TPSA) is 29.9 Å². The lowest BCUT2D eigenvalue weighted by Crippen LogP contribution is -2.21. The number of rotatable bonds is 3. The van der Waals surface area contributed by atoms with E-state index in [1.165, 1.54) is 38.5 Å². The zero-order valence-corrected chi connectivity index (χ0v) is 11.6. The van der Waals surface area contributed by atoms with Gasteiger partial charge in [-0.15, -0.1) is 0 Å². The number of nitrogens with zero attached hydrogens (tertiary/aromatic N) is 2. The fourth-order valence-electron chi connectivity index (χ4n) is 3.68. The molecule has 2 fully saturated rings. The van der Waals surface area contributed by atoms with E-state index in [0.717, 1.165) is 17.8 Å². The van der Waals surface area contributed by atoms with Gasteiger partial charge in [0, 0.05) is 24.5 Å². The van der Waals surface area contributed by atoms with Crippen molar-refractivity contribution in [2.75, 3.05) is 5.32 Å². The minimum atomic E-state index is 0.645. The summed E-state index contributed by atoms with van der Waals surface area (Å²) < 4.78 is 2.40. The van der Waals surface area contributed by atoms with Crippen molar-refractivity contribution >= 4 is 5.95 Å². The minimum Gasteiger partial charge on any atom is -0.353 e. The van der Waals surface area contributed by atoms with Gasteiger partial charge in [-0.2, -0.15) is 0 Å². The summed E-state index contributed by atoms with van der Waals surface area (Å²) in [6.07, 6.45) is 12.1. The van der Waals surface area contributed by atoms with Crippen molar-refractivity contribution in [1.29, 1.82) is 0 Å².